The largest absolute Gasteiger partial charge is 0.447 e. The standard InChI is InChI=1S/C17H25N3O2/c21-17(20-14-9-12-3-1-2-4-13(12)14)15-16(22-10-19-15)11-5-7-18-8-6-11/h10-14,18H,1-9H2,(H,20,21)/t12-,13-,14+/m0/s1. The Morgan fingerprint density at radius 2 is 2.05 bits per heavy atom. The first-order valence-corrected chi connectivity index (χ1v) is 8.78. The molecule has 1 saturated heterocycles. The second-order valence-corrected chi connectivity index (χ2v) is 7.11. The smallest absolute Gasteiger partial charge is 0.273 e. The first-order chi connectivity index (χ1) is 10.8. The van der Waals surface area contributed by atoms with Crippen LogP contribution in [0.4, 0.5) is 0 Å². The lowest BCUT2D eigenvalue weighted by Gasteiger charge is -2.48. The maximum Gasteiger partial charge on any atom is 0.273 e. The fourth-order valence-corrected chi connectivity index (χ4v) is 4.57. The minimum atomic E-state index is -0.0312. The van der Waals surface area contributed by atoms with Gasteiger partial charge in [-0.2, -0.15) is 0 Å². The number of fused-ring (bicyclic) bond motifs is 1. The van der Waals surface area contributed by atoms with Gasteiger partial charge in [0.25, 0.3) is 5.91 Å². The van der Waals surface area contributed by atoms with Gasteiger partial charge in [0.05, 0.1) is 0 Å². The molecular formula is C17H25N3O2. The van der Waals surface area contributed by atoms with Crippen LogP contribution in [0, 0.1) is 11.8 Å². The van der Waals surface area contributed by atoms with Gasteiger partial charge in [-0.3, -0.25) is 4.79 Å². The Labute approximate surface area is 131 Å². The van der Waals surface area contributed by atoms with Crippen LogP contribution < -0.4 is 10.6 Å². The van der Waals surface area contributed by atoms with Crippen LogP contribution in [0.25, 0.3) is 0 Å². The number of carbonyl (C=O) groups excluding carboxylic acids is 1. The van der Waals surface area contributed by atoms with Gasteiger partial charge in [0.15, 0.2) is 12.1 Å². The van der Waals surface area contributed by atoms with Gasteiger partial charge in [-0.25, -0.2) is 4.98 Å². The highest BCUT2D eigenvalue weighted by Crippen LogP contribution is 2.45. The second kappa shape index (κ2) is 6.03. The molecule has 1 aliphatic heterocycles. The normalized spacial score (nSPS) is 32.1. The fraction of sp³-hybridized carbons (Fsp3) is 0.765. The summed E-state index contributed by atoms with van der Waals surface area (Å²) in [4.78, 5) is 16.8. The van der Waals surface area contributed by atoms with Gasteiger partial charge >= 0.3 is 0 Å². The molecule has 1 aromatic heterocycles. The highest BCUT2D eigenvalue weighted by Gasteiger charge is 2.43. The Balaban J connectivity index is 1.41. The molecule has 2 saturated carbocycles. The Morgan fingerprint density at radius 3 is 2.86 bits per heavy atom. The molecule has 0 radical (unpaired) electrons. The Hall–Kier alpha value is -1.36. The van der Waals surface area contributed by atoms with Crippen molar-refractivity contribution < 1.29 is 9.21 Å². The third-order valence-corrected chi connectivity index (χ3v) is 5.88. The van der Waals surface area contributed by atoms with Gasteiger partial charge in [0.2, 0.25) is 0 Å². The van der Waals surface area contributed by atoms with Crippen LogP contribution in [-0.2, 0) is 0 Å². The number of amides is 1. The van der Waals surface area contributed by atoms with E-state index >= 15 is 0 Å². The number of piperidine rings is 1. The van der Waals surface area contributed by atoms with E-state index in [-0.39, 0.29) is 5.91 Å². The van der Waals surface area contributed by atoms with Crippen LogP contribution in [0.1, 0.15) is 67.1 Å². The number of oxazole rings is 1. The molecule has 5 heteroatoms. The summed E-state index contributed by atoms with van der Waals surface area (Å²) in [5, 5.41) is 6.56. The molecule has 22 heavy (non-hydrogen) atoms. The van der Waals surface area contributed by atoms with Crippen molar-refractivity contribution in [3.05, 3.63) is 17.8 Å². The van der Waals surface area contributed by atoms with E-state index in [1.165, 1.54) is 32.1 Å². The third-order valence-electron chi connectivity index (χ3n) is 5.88. The van der Waals surface area contributed by atoms with E-state index in [0.29, 0.717) is 23.6 Å². The lowest BCUT2D eigenvalue weighted by Crippen LogP contribution is -2.53. The molecule has 120 valence electrons. The van der Waals surface area contributed by atoms with E-state index in [1.807, 2.05) is 0 Å². The Morgan fingerprint density at radius 1 is 1.23 bits per heavy atom. The van der Waals surface area contributed by atoms with E-state index in [1.54, 1.807) is 0 Å². The van der Waals surface area contributed by atoms with E-state index in [2.05, 4.69) is 15.6 Å². The maximum absolute atomic E-state index is 12.6. The van der Waals surface area contributed by atoms with Gasteiger partial charge in [0.1, 0.15) is 5.76 Å². The van der Waals surface area contributed by atoms with Crippen LogP contribution in [0.2, 0.25) is 0 Å². The van der Waals surface area contributed by atoms with Gasteiger partial charge in [-0.15, -0.1) is 0 Å². The van der Waals surface area contributed by atoms with E-state index < -0.39 is 0 Å². The summed E-state index contributed by atoms with van der Waals surface area (Å²) in [5.74, 6) is 2.63. The molecule has 1 aromatic rings. The highest BCUT2D eigenvalue weighted by molar-refractivity contribution is 5.93. The summed E-state index contributed by atoms with van der Waals surface area (Å²) in [5.41, 5.74) is 0.520. The molecule has 0 aromatic carbocycles. The number of hydrogen-bond donors (Lipinski definition) is 2. The van der Waals surface area contributed by atoms with Crippen LogP contribution in [0.15, 0.2) is 10.8 Å². The predicted molar refractivity (Wildman–Crippen MR) is 82.7 cm³/mol. The van der Waals surface area contributed by atoms with Gasteiger partial charge in [-0.05, 0) is 50.6 Å². The number of nitrogens with zero attached hydrogens (tertiary/aromatic N) is 1. The lowest BCUT2D eigenvalue weighted by atomic mass is 9.62. The van der Waals surface area contributed by atoms with Crippen molar-refractivity contribution in [1.29, 1.82) is 0 Å². The zero-order valence-corrected chi connectivity index (χ0v) is 13.0. The summed E-state index contributed by atoms with van der Waals surface area (Å²) in [6, 6.07) is 0.357. The summed E-state index contributed by atoms with van der Waals surface area (Å²) in [6.45, 7) is 1.97. The van der Waals surface area contributed by atoms with Gasteiger partial charge in [0, 0.05) is 12.0 Å². The first kappa shape index (κ1) is 14.2. The molecule has 3 atom stereocenters. The van der Waals surface area contributed by atoms with Gasteiger partial charge < -0.3 is 15.1 Å². The Bertz CT molecular complexity index is 536. The topological polar surface area (TPSA) is 67.2 Å². The molecule has 2 aliphatic carbocycles. The summed E-state index contributed by atoms with van der Waals surface area (Å²) in [6.07, 6.45) is 9.92. The van der Waals surface area contributed by atoms with Crippen molar-refractivity contribution in [2.24, 2.45) is 11.8 Å². The number of carbonyl (C=O) groups is 1. The average molecular weight is 303 g/mol. The molecule has 4 rings (SSSR count). The van der Waals surface area contributed by atoms with Crippen molar-refractivity contribution >= 4 is 5.91 Å². The third kappa shape index (κ3) is 2.56. The summed E-state index contributed by atoms with van der Waals surface area (Å²) >= 11 is 0. The van der Waals surface area contributed by atoms with Crippen molar-refractivity contribution in [3.8, 4) is 0 Å². The van der Waals surface area contributed by atoms with Crippen molar-refractivity contribution in [2.75, 3.05) is 13.1 Å². The fourth-order valence-electron chi connectivity index (χ4n) is 4.57. The van der Waals surface area contributed by atoms with E-state index in [9.17, 15) is 4.79 Å². The highest BCUT2D eigenvalue weighted by atomic mass is 16.3. The molecule has 2 heterocycles. The second-order valence-electron chi connectivity index (χ2n) is 7.11. The molecule has 0 spiro atoms. The molecule has 5 nitrogen and oxygen atoms in total. The SMILES string of the molecule is O=C(N[C@@H]1C[C@@H]2CCCC[C@@H]21)c1ncoc1C1CCNCC1. The molecular weight excluding hydrogens is 278 g/mol. The maximum atomic E-state index is 12.6. The van der Waals surface area contributed by atoms with Crippen molar-refractivity contribution in [1.82, 2.24) is 15.6 Å². The number of aromatic nitrogens is 1. The van der Waals surface area contributed by atoms with Gasteiger partial charge in [-0.1, -0.05) is 19.3 Å². The first-order valence-electron chi connectivity index (χ1n) is 8.78. The van der Waals surface area contributed by atoms with Crippen LogP contribution in [0.5, 0.6) is 0 Å². The molecule has 0 bridgehead atoms. The molecule has 0 unspecified atom stereocenters. The number of hydrogen-bond acceptors (Lipinski definition) is 4. The monoisotopic (exact) mass is 303 g/mol. The van der Waals surface area contributed by atoms with E-state index in [0.717, 1.165) is 44.0 Å². The minimum absolute atomic E-state index is 0.0312. The van der Waals surface area contributed by atoms with Crippen LogP contribution in [-0.4, -0.2) is 30.0 Å². The summed E-state index contributed by atoms with van der Waals surface area (Å²) in [7, 11) is 0. The molecule has 1 amide bonds. The van der Waals surface area contributed by atoms with E-state index in [4.69, 9.17) is 4.42 Å². The zero-order valence-electron chi connectivity index (χ0n) is 13.0. The number of rotatable bonds is 3. The van der Waals surface area contributed by atoms with Crippen LogP contribution >= 0.6 is 0 Å². The predicted octanol–water partition coefficient (Wildman–Crippen LogP) is 2.45. The molecule has 3 fully saturated rings. The molecule has 2 N–H and O–H groups in total. The van der Waals surface area contributed by atoms with Crippen LogP contribution in [0.3, 0.4) is 0 Å². The minimum Gasteiger partial charge on any atom is -0.447 e. The molecule has 3 aliphatic rings. The average Bonchev–Trinajstić information content (AvgIpc) is 3.03. The zero-order chi connectivity index (χ0) is 14.9. The summed E-state index contributed by atoms with van der Waals surface area (Å²) < 4.78 is 5.57. The number of nitrogens with one attached hydrogen (secondary N) is 2. The lowest BCUT2D eigenvalue weighted by molar-refractivity contribution is 0.0512. The van der Waals surface area contributed by atoms with Crippen molar-refractivity contribution in [3.63, 3.8) is 0 Å². The quantitative estimate of drug-likeness (QED) is 0.900. The Kier molecular flexibility index (Phi) is 3.90. The van der Waals surface area contributed by atoms with Crippen molar-refractivity contribution in [2.45, 2.75) is 56.9 Å².